The van der Waals surface area contributed by atoms with Gasteiger partial charge in [0.15, 0.2) is 11.5 Å². The van der Waals surface area contributed by atoms with Crippen molar-refractivity contribution in [1.82, 2.24) is 0 Å². The molecule has 0 bridgehead atoms. The van der Waals surface area contributed by atoms with Gasteiger partial charge in [-0.1, -0.05) is 27.7 Å². The molecule has 0 radical (unpaired) electrons. The van der Waals surface area contributed by atoms with E-state index in [2.05, 4.69) is 27.7 Å². The highest BCUT2D eigenvalue weighted by molar-refractivity contribution is 5.76. The van der Waals surface area contributed by atoms with Crippen LogP contribution in [-0.4, -0.2) is 12.1 Å². The van der Waals surface area contributed by atoms with Gasteiger partial charge in [-0.05, 0) is 18.2 Å². The molecular weight excluding hydrogens is 216 g/mol. The summed E-state index contributed by atoms with van der Waals surface area (Å²) < 4.78 is 12.0. The van der Waals surface area contributed by atoms with Crippen LogP contribution in [0.5, 0.6) is 11.5 Å². The summed E-state index contributed by atoms with van der Waals surface area (Å²) in [6.07, 6.45) is 0.814. The van der Waals surface area contributed by atoms with E-state index in [4.69, 9.17) is 9.47 Å². The van der Waals surface area contributed by atoms with Crippen LogP contribution in [0, 0.1) is 11.8 Å². The summed E-state index contributed by atoms with van der Waals surface area (Å²) in [7, 11) is 0. The predicted octanol–water partition coefficient (Wildman–Crippen LogP) is 3.28. The van der Waals surface area contributed by atoms with Gasteiger partial charge >= 0.3 is 0 Å². The number of hydrogen-bond donors (Lipinski definition) is 0. The first-order chi connectivity index (χ1) is 7.99. The molecule has 0 atom stereocenters. The molecule has 1 aliphatic rings. The van der Waals surface area contributed by atoms with Crippen LogP contribution in [0.1, 0.15) is 38.1 Å². The number of fused-ring (bicyclic) bond motifs is 1. The van der Waals surface area contributed by atoms with Gasteiger partial charge in [0.05, 0.1) is 0 Å². The van der Waals surface area contributed by atoms with Crippen LogP contribution in [0.3, 0.4) is 0 Å². The summed E-state index contributed by atoms with van der Waals surface area (Å²) >= 11 is 0. The molecule has 0 amide bonds. The third-order valence-corrected chi connectivity index (χ3v) is 3.25. The lowest BCUT2D eigenvalue weighted by atomic mass is 9.91. The molecule has 0 saturated carbocycles. The Hall–Kier alpha value is -1.51. The van der Waals surface area contributed by atoms with Crippen molar-refractivity contribution in [3.63, 3.8) is 0 Å². The molecule has 1 heterocycles. The molecule has 0 fully saturated rings. The van der Waals surface area contributed by atoms with Crippen molar-refractivity contribution in [2.45, 2.75) is 33.5 Å². The molecular formula is C14H18O3. The van der Waals surface area contributed by atoms with E-state index in [0.29, 0.717) is 11.3 Å². The lowest BCUT2D eigenvalue weighted by Crippen LogP contribution is -2.48. The van der Waals surface area contributed by atoms with Gasteiger partial charge < -0.3 is 9.47 Å². The maximum absolute atomic E-state index is 10.7. The van der Waals surface area contributed by atoms with Gasteiger partial charge in [0.2, 0.25) is 0 Å². The number of aldehydes is 1. The number of benzene rings is 1. The van der Waals surface area contributed by atoms with Gasteiger partial charge in [-0.15, -0.1) is 0 Å². The van der Waals surface area contributed by atoms with E-state index >= 15 is 0 Å². The zero-order valence-corrected chi connectivity index (χ0v) is 10.7. The Morgan fingerprint density at radius 1 is 1.06 bits per heavy atom. The van der Waals surface area contributed by atoms with Gasteiger partial charge in [0, 0.05) is 17.4 Å². The Bertz CT molecular complexity index is 427. The molecule has 0 aliphatic carbocycles. The van der Waals surface area contributed by atoms with E-state index in [0.717, 1.165) is 12.0 Å². The van der Waals surface area contributed by atoms with Crippen LogP contribution in [0.4, 0.5) is 0 Å². The minimum atomic E-state index is -0.621. The Labute approximate surface area is 102 Å². The van der Waals surface area contributed by atoms with E-state index in [1.807, 2.05) is 0 Å². The van der Waals surface area contributed by atoms with Crippen molar-refractivity contribution in [3.8, 4) is 11.5 Å². The molecule has 1 aromatic carbocycles. The van der Waals surface area contributed by atoms with Gasteiger partial charge in [0.25, 0.3) is 5.79 Å². The number of ether oxygens (including phenoxy) is 2. The molecule has 3 heteroatoms. The fourth-order valence-electron chi connectivity index (χ4n) is 2.26. The van der Waals surface area contributed by atoms with Crippen LogP contribution >= 0.6 is 0 Å². The maximum atomic E-state index is 10.7. The molecule has 0 unspecified atom stereocenters. The minimum Gasteiger partial charge on any atom is -0.448 e. The molecule has 2 rings (SSSR count). The monoisotopic (exact) mass is 234 g/mol. The van der Waals surface area contributed by atoms with E-state index in [1.54, 1.807) is 18.2 Å². The Morgan fingerprint density at radius 2 is 1.65 bits per heavy atom. The molecule has 0 aromatic heterocycles. The van der Waals surface area contributed by atoms with Crippen molar-refractivity contribution in [1.29, 1.82) is 0 Å². The topological polar surface area (TPSA) is 35.5 Å². The van der Waals surface area contributed by atoms with E-state index in [1.165, 1.54) is 0 Å². The second-order valence-electron chi connectivity index (χ2n) is 5.06. The molecule has 92 valence electrons. The summed E-state index contributed by atoms with van der Waals surface area (Å²) in [6.45, 7) is 8.30. The van der Waals surface area contributed by atoms with Crippen LogP contribution < -0.4 is 9.47 Å². The highest BCUT2D eigenvalue weighted by Gasteiger charge is 2.47. The number of carbonyl (C=O) groups is 1. The predicted molar refractivity (Wildman–Crippen MR) is 65.5 cm³/mol. The molecule has 1 aromatic rings. The molecule has 0 saturated heterocycles. The lowest BCUT2D eigenvalue weighted by Gasteiger charge is -2.35. The fourth-order valence-corrected chi connectivity index (χ4v) is 2.26. The first-order valence-corrected chi connectivity index (χ1v) is 5.97. The fraction of sp³-hybridized carbons (Fsp3) is 0.500. The Kier molecular flexibility index (Phi) is 2.86. The maximum Gasteiger partial charge on any atom is 0.256 e. The van der Waals surface area contributed by atoms with Crippen molar-refractivity contribution >= 4 is 6.29 Å². The first kappa shape index (κ1) is 12.0. The van der Waals surface area contributed by atoms with Crippen LogP contribution in [0.25, 0.3) is 0 Å². The second kappa shape index (κ2) is 4.06. The summed E-state index contributed by atoms with van der Waals surface area (Å²) in [4.78, 5) is 10.7. The van der Waals surface area contributed by atoms with E-state index in [-0.39, 0.29) is 11.8 Å². The van der Waals surface area contributed by atoms with Crippen molar-refractivity contribution < 1.29 is 14.3 Å². The normalized spacial score (nSPS) is 16.6. The van der Waals surface area contributed by atoms with Crippen LogP contribution in [-0.2, 0) is 0 Å². The first-order valence-electron chi connectivity index (χ1n) is 5.97. The van der Waals surface area contributed by atoms with Crippen molar-refractivity contribution in [3.05, 3.63) is 23.8 Å². The second-order valence-corrected chi connectivity index (χ2v) is 5.06. The highest BCUT2D eigenvalue weighted by atomic mass is 16.7. The van der Waals surface area contributed by atoms with Crippen molar-refractivity contribution in [2.75, 3.05) is 0 Å². The number of carbonyl (C=O) groups excluding carboxylic acids is 1. The number of rotatable bonds is 3. The summed E-state index contributed by atoms with van der Waals surface area (Å²) in [6, 6.07) is 5.27. The highest BCUT2D eigenvalue weighted by Crippen LogP contribution is 2.45. The SMILES string of the molecule is CC(C)C1(C(C)C)Oc2ccc(C=O)cc2O1. The zero-order valence-electron chi connectivity index (χ0n) is 10.7. The van der Waals surface area contributed by atoms with E-state index < -0.39 is 5.79 Å². The van der Waals surface area contributed by atoms with Crippen molar-refractivity contribution in [2.24, 2.45) is 11.8 Å². The third-order valence-electron chi connectivity index (χ3n) is 3.25. The zero-order chi connectivity index (χ0) is 12.6. The smallest absolute Gasteiger partial charge is 0.256 e. The van der Waals surface area contributed by atoms with Crippen LogP contribution in [0.2, 0.25) is 0 Å². The molecule has 3 nitrogen and oxygen atoms in total. The lowest BCUT2D eigenvalue weighted by molar-refractivity contribution is -0.150. The Morgan fingerprint density at radius 3 is 2.18 bits per heavy atom. The average Bonchev–Trinajstić information content (AvgIpc) is 2.68. The largest absolute Gasteiger partial charge is 0.448 e. The van der Waals surface area contributed by atoms with E-state index in [9.17, 15) is 4.79 Å². The molecule has 1 aliphatic heterocycles. The summed E-state index contributed by atoms with van der Waals surface area (Å²) in [5, 5.41) is 0. The third kappa shape index (κ3) is 1.79. The number of hydrogen-bond acceptors (Lipinski definition) is 3. The summed E-state index contributed by atoms with van der Waals surface area (Å²) in [5.41, 5.74) is 0.607. The van der Waals surface area contributed by atoms with Crippen LogP contribution in [0.15, 0.2) is 18.2 Å². The Balaban J connectivity index is 2.39. The minimum absolute atomic E-state index is 0.231. The quantitative estimate of drug-likeness (QED) is 0.753. The molecule has 0 N–H and O–H groups in total. The molecule has 17 heavy (non-hydrogen) atoms. The van der Waals surface area contributed by atoms with Gasteiger partial charge in [-0.2, -0.15) is 0 Å². The van der Waals surface area contributed by atoms with Gasteiger partial charge in [-0.25, -0.2) is 0 Å². The molecule has 0 spiro atoms. The van der Waals surface area contributed by atoms with Gasteiger partial charge in [-0.3, -0.25) is 4.79 Å². The van der Waals surface area contributed by atoms with Gasteiger partial charge in [0.1, 0.15) is 6.29 Å². The standard InChI is InChI=1S/C14H18O3/c1-9(2)14(10(3)4)16-12-6-5-11(8-15)7-13(12)17-14/h5-10H,1-4H3. The summed E-state index contributed by atoms with van der Waals surface area (Å²) in [5.74, 6) is 1.23. The average molecular weight is 234 g/mol.